The third-order valence-electron chi connectivity index (χ3n) is 8.19. The number of urea groups is 1. The molecular weight excluding hydrogens is 608 g/mol. The molecule has 3 fully saturated rings. The third kappa shape index (κ3) is 10.3. The number of rotatable bonds is 19. The number of thioether (sulfide) groups is 1. The first-order chi connectivity index (χ1) is 21.8. The van der Waals surface area contributed by atoms with Crippen molar-refractivity contribution in [3.05, 3.63) is 16.7 Å². The van der Waals surface area contributed by atoms with Gasteiger partial charge in [-0.25, -0.2) is 9.59 Å². The molecule has 17 heteroatoms. The molecule has 16 nitrogen and oxygen atoms in total. The van der Waals surface area contributed by atoms with E-state index in [0.29, 0.717) is 37.7 Å². The van der Waals surface area contributed by atoms with Crippen molar-refractivity contribution in [3.8, 4) is 0 Å². The van der Waals surface area contributed by atoms with Crippen LogP contribution in [0.4, 0.5) is 10.6 Å². The second-order valence-corrected chi connectivity index (χ2v) is 12.9. The van der Waals surface area contributed by atoms with Gasteiger partial charge in [0.2, 0.25) is 11.8 Å². The van der Waals surface area contributed by atoms with Gasteiger partial charge in [0, 0.05) is 43.5 Å². The molecule has 0 aliphatic carbocycles. The Morgan fingerprint density at radius 3 is 2.33 bits per heavy atom. The summed E-state index contributed by atoms with van der Waals surface area (Å²) in [7, 11) is 0. The molecule has 0 aromatic carbocycles. The number of aliphatic hydroxyl groups excluding tert-OH is 3. The van der Waals surface area contributed by atoms with Gasteiger partial charge >= 0.3 is 11.7 Å². The molecule has 0 spiro atoms. The minimum Gasteiger partial charge on any atom is -0.394 e. The number of unbranched alkanes of at least 4 members (excludes halogenated alkanes) is 4. The molecule has 3 aliphatic heterocycles. The third-order valence-corrected chi connectivity index (χ3v) is 9.70. The van der Waals surface area contributed by atoms with Crippen LogP contribution in [0.3, 0.4) is 0 Å². The summed E-state index contributed by atoms with van der Waals surface area (Å²) in [6.07, 6.45) is 3.90. The molecule has 3 aliphatic rings. The SMILES string of the molecule is O=C(CCCCCNC(=O)CCCCC1SC[C@H]2NC(=O)N[C@@H]12)NCCCCNc1cnn([C@H]2O[C@H](CO)[C@@H](O)[C@H]2O)c(=O)n1. The van der Waals surface area contributed by atoms with Gasteiger partial charge in [0.15, 0.2) is 12.0 Å². The standard InChI is InChI=1S/C28H46N8O8S/c37-15-18-24(40)25(41)26(44-18)36-28(43)34-20(14-32-36)29-11-6-7-13-31-21(38)9-2-1-5-12-30-22(39)10-4-3-8-19-23-17(16-45-19)33-27(42)35-23/h14,17-19,23-26,37,40-41H,1-13,15-16H2,(H,30,39)(H,31,38)(H,29,34,43)(H2,33,35,42)/t17-,18-,19?,23-,24-,25-,26+/m1/s1. The zero-order chi connectivity index (χ0) is 32.2. The molecule has 1 aromatic rings. The van der Waals surface area contributed by atoms with Gasteiger partial charge in [-0.05, 0) is 38.5 Å². The molecule has 252 valence electrons. The molecule has 45 heavy (non-hydrogen) atoms. The van der Waals surface area contributed by atoms with Crippen LogP contribution in [0.25, 0.3) is 0 Å². The fourth-order valence-corrected chi connectivity index (χ4v) is 7.20. The van der Waals surface area contributed by atoms with Crippen LogP contribution < -0.4 is 32.3 Å². The van der Waals surface area contributed by atoms with Gasteiger partial charge < -0.3 is 46.6 Å². The van der Waals surface area contributed by atoms with Crippen molar-refractivity contribution in [1.29, 1.82) is 0 Å². The van der Waals surface area contributed by atoms with Crippen LogP contribution in [0, 0.1) is 0 Å². The Kier molecular flexibility index (Phi) is 13.7. The van der Waals surface area contributed by atoms with Crippen LogP contribution in [-0.2, 0) is 14.3 Å². The second-order valence-electron chi connectivity index (χ2n) is 11.6. The fourth-order valence-electron chi connectivity index (χ4n) is 5.65. The number of carbonyl (C=O) groups excluding carboxylic acids is 3. The molecule has 0 saturated carbocycles. The number of nitrogens with one attached hydrogen (secondary N) is 5. The average molecular weight is 655 g/mol. The molecule has 1 aromatic heterocycles. The summed E-state index contributed by atoms with van der Waals surface area (Å²) >= 11 is 1.89. The van der Waals surface area contributed by atoms with Crippen LogP contribution in [0.1, 0.15) is 70.4 Å². The summed E-state index contributed by atoms with van der Waals surface area (Å²) < 4.78 is 6.13. The number of nitrogens with zero attached hydrogens (tertiary/aromatic N) is 3. The van der Waals surface area contributed by atoms with Gasteiger partial charge in [-0.3, -0.25) is 9.59 Å². The van der Waals surface area contributed by atoms with E-state index < -0.39 is 36.8 Å². The molecule has 4 rings (SSSR count). The lowest BCUT2D eigenvalue weighted by Gasteiger charge is -2.16. The molecule has 0 bridgehead atoms. The van der Waals surface area contributed by atoms with E-state index >= 15 is 0 Å². The van der Waals surface area contributed by atoms with Gasteiger partial charge in [0.05, 0.1) is 24.9 Å². The summed E-state index contributed by atoms with van der Waals surface area (Å²) in [5, 5.41) is 48.3. The van der Waals surface area contributed by atoms with E-state index in [9.17, 15) is 34.5 Å². The maximum Gasteiger partial charge on any atom is 0.368 e. The maximum atomic E-state index is 12.3. The van der Waals surface area contributed by atoms with Crippen LogP contribution in [0.15, 0.2) is 11.0 Å². The van der Waals surface area contributed by atoms with Crippen molar-refractivity contribution in [2.45, 2.75) is 106 Å². The van der Waals surface area contributed by atoms with E-state index in [2.05, 4.69) is 36.7 Å². The molecular formula is C28H46N8O8S. The van der Waals surface area contributed by atoms with E-state index in [0.717, 1.165) is 61.8 Å². The quantitative estimate of drug-likeness (QED) is 0.0661. The first kappa shape index (κ1) is 34.9. The monoisotopic (exact) mass is 654 g/mol. The second kappa shape index (κ2) is 17.6. The van der Waals surface area contributed by atoms with Crippen LogP contribution in [-0.4, -0.2) is 116 Å². The number of aliphatic hydroxyl groups is 3. The molecule has 0 radical (unpaired) electrons. The Labute approximate surface area is 265 Å². The number of hydrogen-bond donors (Lipinski definition) is 8. The first-order valence-electron chi connectivity index (χ1n) is 15.8. The van der Waals surface area contributed by atoms with Crippen molar-refractivity contribution in [3.63, 3.8) is 0 Å². The number of hydrogen-bond acceptors (Lipinski definition) is 12. The normalized spacial score (nSPS) is 27.1. The van der Waals surface area contributed by atoms with Gasteiger partial charge in [0.1, 0.15) is 18.3 Å². The summed E-state index contributed by atoms with van der Waals surface area (Å²) in [4.78, 5) is 51.8. The molecule has 4 heterocycles. The Hall–Kier alpha value is -2.99. The number of aromatic nitrogens is 3. The highest BCUT2D eigenvalue weighted by atomic mass is 32.2. The molecule has 1 unspecified atom stereocenters. The Morgan fingerprint density at radius 2 is 1.64 bits per heavy atom. The number of anilines is 1. The van der Waals surface area contributed by atoms with Crippen molar-refractivity contribution in [1.82, 2.24) is 36.0 Å². The van der Waals surface area contributed by atoms with Crippen LogP contribution in [0.5, 0.6) is 0 Å². The van der Waals surface area contributed by atoms with Gasteiger partial charge in [0.25, 0.3) is 0 Å². The van der Waals surface area contributed by atoms with E-state index in [1.54, 1.807) is 0 Å². The molecule has 7 atom stereocenters. The summed E-state index contributed by atoms with van der Waals surface area (Å²) in [6, 6.07) is 0.365. The predicted octanol–water partition coefficient (Wildman–Crippen LogP) is -1.04. The van der Waals surface area contributed by atoms with Gasteiger partial charge in [-0.1, -0.05) is 12.8 Å². The average Bonchev–Trinajstić information content (AvgIpc) is 3.66. The van der Waals surface area contributed by atoms with Crippen molar-refractivity contribution < 1.29 is 34.4 Å². The highest BCUT2D eigenvalue weighted by Gasteiger charge is 2.44. The smallest absolute Gasteiger partial charge is 0.368 e. The number of ether oxygens (including phenoxy) is 1. The highest BCUT2D eigenvalue weighted by molar-refractivity contribution is 8.00. The predicted molar refractivity (Wildman–Crippen MR) is 165 cm³/mol. The zero-order valence-electron chi connectivity index (χ0n) is 25.4. The van der Waals surface area contributed by atoms with E-state index in [-0.39, 0.29) is 35.7 Å². The maximum absolute atomic E-state index is 12.3. The summed E-state index contributed by atoms with van der Waals surface area (Å²) in [6.45, 7) is 1.13. The number of fused-ring (bicyclic) bond motifs is 1. The van der Waals surface area contributed by atoms with E-state index in [1.165, 1.54) is 6.20 Å². The molecule has 3 saturated heterocycles. The van der Waals surface area contributed by atoms with Crippen molar-refractivity contribution >= 4 is 35.4 Å². The van der Waals surface area contributed by atoms with Crippen LogP contribution >= 0.6 is 11.8 Å². The first-order valence-corrected chi connectivity index (χ1v) is 16.9. The van der Waals surface area contributed by atoms with Crippen molar-refractivity contribution in [2.75, 3.05) is 37.3 Å². The topological polar surface area (TPSA) is 229 Å². The minimum atomic E-state index is -1.42. The Balaban J connectivity index is 0.947. The molecule has 4 amide bonds. The Bertz CT molecular complexity index is 1190. The minimum absolute atomic E-state index is 0.00829. The largest absolute Gasteiger partial charge is 0.394 e. The van der Waals surface area contributed by atoms with E-state index in [1.807, 2.05) is 11.8 Å². The lowest BCUT2D eigenvalue weighted by molar-refractivity contribution is -0.122. The molecule has 8 N–H and O–H groups in total. The number of amides is 4. The van der Waals surface area contributed by atoms with Crippen molar-refractivity contribution in [2.24, 2.45) is 0 Å². The number of carbonyl (C=O) groups is 3. The Morgan fingerprint density at radius 1 is 0.956 bits per heavy atom. The lowest BCUT2D eigenvalue weighted by Crippen LogP contribution is -2.37. The lowest BCUT2D eigenvalue weighted by atomic mass is 10.0. The van der Waals surface area contributed by atoms with Crippen LogP contribution in [0.2, 0.25) is 0 Å². The van der Waals surface area contributed by atoms with E-state index in [4.69, 9.17) is 4.74 Å². The fraction of sp³-hybridized carbons (Fsp3) is 0.786. The summed E-state index contributed by atoms with van der Waals surface area (Å²) in [5.41, 5.74) is -0.771. The zero-order valence-corrected chi connectivity index (χ0v) is 26.2. The summed E-state index contributed by atoms with van der Waals surface area (Å²) in [5.74, 6) is 1.24. The van der Waals surface area contributed by atoms with Gasteiger partial charge in [-0.15, -0.1) is 0 Å². The van der Waals surface area contributed by atoms with Gasteiger partial charge in [-0.2, -0.15) is 26.5 Å². The highest BCUT2D eigenvalue weighted by Crippen LogP contribution is 2.33.